The summed E-state index contributed by atoms with van der Waals surface area (Å²) in [7, 11) is 1.58. The molecule has 0 radical (unpaired) electrons. The Hall–Kier alpha value is -3.17. The van der Waals surface area contributed by atoms with Crippen LogP contribution in [0.15, 0.2) is 54.0 Å². The predicted molar refractivity (Wildman–Crippen MR) is 126 cm³/mol. The second-order valence-corrected chi connectivity index (χ2v) is 7.97. The quantitative estimate of drug-likeness (QED) is 0.294. The number of hydrogen-bond acceptors (Lipinski definition) is 5. The Labute approximate surface area is 203 Å². The molecule has 10 heteroatoms. The lowest BCUT2D eigenvalue weighted by atomic mass is 10.2. The monoisotopic (exact) mass is 494 g/mol. The molecule has 7 nitrogen and oxygen atoms in total. The molecule has 0 unspecified atom stereocenters. The summed E-state index contributed by atoms with van der Waals surface area (Å²) in [6, 6.07) is 10.1. The number of hydrogen-bond donors (Lipinski definition) is 3. The molecule has 0 fully saturated rings. The van der Waals surface area contributed by atoms with Crippen molar-refractivity contribution in [1.29, 1.82) is 0 Å². The summed E-state index contributed by atoms with van der Waals surface area (Å²) in [4.78, 5) is 27.8. The van der Waals surface area contributed by atoms with E-state index < -0.39 is 17.5 Å². The predicted octanol–water partition coefficient (Wildman–Crippen LogP) is 2.99. The van der Waals surface area contributed by atoms with Gasteiger partial charge in [0.05, 0.1) is 0 Å². The van der Waals surface area contributed by atoms with Gasteiger partial charge in [0.2, 0.25) is 6.41 Å². The lowest BCUT2D eigenvalue weighted by Crippen LogP contribution is -2.41. The van der Waals surface area contributed by atoms with Crippen LogP contribution >= 0.6 is 11.6 Å². The number of aliphatic hydroxyl groups is 1. The highest BCUT2D eigenvalue weighted by molar-refractivity contribution is 6.30. The van der Waals surface area contributed by atoms with E-state index in [9.17, 15) is 18.4 Å². The van der Waals surface area contributed by atoms with Crippen LogP contribution in [0.1, 0.15) is 24.5 Å². The Morgan fingerprint density at radius 1 is 1.06 bits per heavy atom. The zero-order valence-corrected chi connectivity index (χ0v) is 19.9. The van der Waals surface area contributed by atoms with Crippen LogP contribution in [-0.2, 0) is 22.7 Å². The molecule has 0 aliphatic rings. The van der Waals surface area contributed by atoms with E-state index in [0.29, 0.717) is 23.4 Å². The molecule has 2 rings (SSSR count). The Morgan fingerprint density at radius 2 is 1.68 bits per heavy atom. The number of carbonyl (C=O) groups is 2. The van der Waals surface area contributed by atoms with E-state index in [2.05, 4.69) is 10.6 Å². The van der Waals surface area contributed by atoms with E-state index in [-0.39, 0.29) is 44.3 Å². The fraction of sp³-hybridized carbons (Fsp3) is 0.333. The van der Waals surface area contributed by atoms with Gasteiger partial charge >= 0.3 is 0 Å². The maximum Gasteiger partial charge on any atom is 0.273 e. The first kappa shape index (κ1) is 27.1. The minimum Gasteiger partial charge on any atom is -0.396 e. The van der Waals surface area contributed by atoms with Gasteiger partial charge < -0.3 is 20.6 Å². The zero-order chi connectivity index (χ0) is 25.1. The highest BCUT2D eigenvalue weighted by Gasteiger charge is 2.23. The smallest absolute Gasteiger partial charge is 0.273 e. The minimum absolute atomic E-state index is 0.0336. The molecular weight excluding hydrogens is 466 g/mol. The van der Waals surface area contributed by atoms with E-state index in [1.807, 2.05) is 0 Å². The first-order chi connectivity index (χ1) is 16.3. The molecule has 0 atom stereocenters. The van der Waals surface area contributed by atoms with Crippen LogP contribution in [0, 0.1) is 11.6 Å². The van der Waals surface area contributed by atoms with Crippen molar-refractivity contribution in [1.82, 2.24) is 20.4 Å². The van der Waals surface area contributed by atoms with Crippen LogP contribution in [0.3, 0.4) is 0 Å². The third kappa shape index (κ3) is 8.00. The molecule has 0 aromatic heterocycles. The fourth-order valence-corrected chi connectivity index (χ4v) is 3.30. The molecule has 2 aromatic carbocycles. The number of carbonyl (C=O) groups excluding carboxylic acids is 2. The van der Waals surface area contributed by atoms with Gasteiger partial charge in [0.15, 0.2) is 0 Å². The minimum atomic E-state index is -0.731. The van der Waals surface area contributed by atoms with Crippen LogP contribution in [0.25, 0.3) is 0 Å². The zero-order valence-electron chi connectivity index (χ0n) is 19.2. The summed E-state index contributed by atoms with van der Waals surface area (Å²) in [5.41, 5.74) is 1.24. The van der Waals surface area contributed by atoms with Crippen LogP contribution in [0.4, 0.5) is 8.78 Å². The summed E-state index contributed by atoms with van der Waals surface area (Å²) in [5.74, 6) is -1.72. The molecule has 0 bridgehead atoms. The van der Waals surface area contributed by atoms with Gasteiger partial charge in [-0.2, -0.15) is 0 Å². The number of nitrogens with zero attached hydrogens (tertiary/aromatic N) is 2. The van der Waals surface area contributed by atoms with Crippen molar-refractivity contribution in [2.75, 3.05) is 26.7 Å². The lowest BCUT2D eigenvalue weighted by Gasteiger charge is -2.27. The number of rotatable bonds is 13. The highest BCUT2D eigenvalue weighted by atomic mass is 35.5. The van der Waals surface area contributed by atoms with Gasteiger partial charge in [-0.25, -0.2) is 8.78 Å². The van der Waals surface area contributed by atoms with Gasteiger partial charge in [-0.1, -0.05) is 23.7 Å². The van der Waals surface area contributed by atoms with Crippen LogP contribution < -0.4 is 10.6 Å². The van der Waals surface area contributed by atoms with Crippen molar-refractivity contribution in [2.45, 2.75) is 26.4 Å². The lowest BCUT2D eigenvalue weighted by molar-refractivity contribution is -0.126. The molecule has 0 aliphatic heterocycles. The Bertz CT molecular complexity index is 982. The number of benzene rings is 2. The van der Waals surface area contributed by atoms with Crippen molar-refractivity contribution < 1.29 is 23.5 Å². The average Bonchev–Trinajstić information content (AvgIpc) is 2.81. The van der Waals surface area contributed by atoms with Crippen molar-refractivity contribution in [2.24, 2.45) is 0 Å². The number of nitrogens with one attached hydrogen (secondary N) is 2. The van der Waals surface area contributed by atoms with E-state index in [0.717, 1.165) is 11.6 Å². The molecule has 34 heavy (non-hydrogen) atoms. The molecule has 0 saturated heterocycles. The highest BCUT2D eigenvalue weighted by Crippen LogP contribution is 2.14. The topological polar surface area (TPSA) is 84.9 Å². The Kier molecular flexibility index (Phi) is 10.8. The SMILES string of the molecule is CCN(C=O)/C(NCc1cc(F)cc(F)c1)=C(/NCc1ccc(Cl)cc1)C(=O)N(C)CCCO. The first-order valence-electron chi connectivity index (χ1n) is 10.8. The van der Waals surface area contributed by atoms with E-state index in [1.54, 1.807) is 38.2 Å². The third-order valence-corrected chi connectivity index (χ3v) is 5.22. The fourth-order valence-electron chi connectivity index (χ4n) is 3.17. The largest absolute Gasteiger partial charge is 0.396 e. The van der Waals surface area contributed by atoms with Crippen molar-refractivity contribution in [3.8, 4) is 0 Å². The second kappa shape index (κ2) is 13.5. The van der Waals surface area contributed by atoms with Crippen molar-refractivity contribution in [3.05, 3.63) is 81.8 Å². The van der Waals surface area contributed by atoms with Crippen molar-refractivity contribution >= 4 is 23.9 Å². The maximum absolute atomic E-state index is 13.6. The normalized spacial score (nSPS) is 11.5. The van der Waals surface area contributed by atoms with E-state index >= 15 is 0 Å². The molecule has 2 amide bonds. The van der Waals surface area contributed by atoms with Crippen molar-refractivity contribution in [3.63, 3.8) is 0 Å². The standard InChI is InChI=1S/C24H29ClF2N4O3/c1-3-31(16-33)23(29-15-18-11-20(26)13-21(27)12-18)22(24(34)30(2)9-4-10-32)28-14-17-5-7-19(25)8-6-17/h5-8,11-13,16,28-29,32H,3-4,9-10,14-15H2,1-2H3/b23-22+. The maximum atomic E-state index is 13.6. The number of amides is 2. The summed E-state index contributed by atoms with van der Waals surface area (Å²) in [6.45, 7) is 2.39. The van der Waals surface area contributed by atoms with Crippen LogP contribution in [0.2, 0.25) is 5.02 Å². The molecule has 0 spiro atoms. The average molecular weight is 495 g/mol. The molecule has 3 N–H and O–H groups in total. The van der Waals surface area contributed by atoms with Gasteiger partial charge in [-0.05, 0) is 48.7 Å². The molecule has 0 aliphatic carbocycles. The summed E-state index contributed by atoms with van der Waals surface area (Å²) in [5, 5.41) is 15.8. The second-order valence-electron chi connectivity index (χ2n) is 7.53. The third-order valence-electron chi connectivity index (χ3n) is 4.97. The van der Waals surface area contributed by atoms with Gasteiger partial charge in [0.1, 0.15) is 23.2 Å². The van der Waals surface area contributed by atoms with Gasteiger partial charge in [0.25, 0.3) is 5.91 Å². The van der Waals surface area contributed by atoms with Gasteiger partial charge in [-0.15, -0.1) is 0 Å². The molecule has 0 saturated carbocycles. The Morgan fingerprint density at radius 3 is 2.24 bits per heavy atom. The van der Waals surface area contributed by atoms with Crippen LogP contribution in [-0.4, -0.2) is 54.0 Å². The van der Waals surface area contributed by atoms with Crippen LogP contribution in [0.5, 0.6) is 0 Å². The summed E-state index contributed by atoms with van der Waals surface area (Å²) < 4.78 is 27.3. The summed E-state index contributed by atoms with van der Waals surface area (Å²) in [6.07, 6.45) is 0.947. The van der Waals surface area contributed by atoms with E-state index in [1.165, 1.54) is 21.9 Å². The Balaban J connectivity index is 2.43. The van der Waals surface area contributed by atoms with Gasteiger partial charge in [-0.3, -0.25) is 14.5 Å². The number of aliphatic hydroxyl groups excluding tert-OH is 1. The number of likely N-dealkylation sites (N-methyl/N-ethyl adjacent to an activating group) is 1. The first-order valence-corrected chi connectivity index (χ1v) is 11.2. The summed E-state index contributed by atoms with van der Waals surface area (Å²) >= 11 is 5.95. The van der Waals surface area contributed by atoms with Gasteiger partial charge in [0, 0.05) is 50.9 Å². The molecule has 0 heterocycles. The molecule has 184 valence electrons. The molecule has 2 aromatic rings. The van der Waals surface area contributed by atoms with E-state index in [4.69, 9.17) is 16.7 Å². The number of halogens is 3. The molecular formula is C24H29ClF2N4O3.